The van der Waals surface area contributed by atoms with Crippen molar-refractivity contribution in [2.75, 3.05) is 57.7 Å². The molecule has 4 heterocycles. The number of halogens is 2. The third-order valence-electron chi connectivity index (χ3n) is 6.64. The van der Waals surface area contributed by atoms with Crippen LogP contribution in [0.4, 0.5) is 15.9 Å². The Hall–Kier alpha value is -2.63. The minimum absolute atomic E-state index is 0.0161. The van der Waals surface area contributed by atoms with Crippen molar-refractivity contribution in [2.24, 2.45) is 0 Å². The molecule has 0 aliphatic carbocycles. The number of aromatic nitrogens is 2. The number of hydrogen-bond acceptors (Lipinski definition) is 8. The minimum Gasteiger partial charge on any atom is -0.395 e. The summed E-state index contributed by atoms with van der Waals surface area (Å²) in [5, 5.41) is 13.3. The molecule has 5 rings (SSSR count). The fourth-order valence-corrected chi connectivity index (χ4v) is 6.05. The number of anilines is 2. The molecule has 1 fully saturated rings. The molecule has 1 amide bonds. The van der Waals surface area contributed by atoms with Crippen LogP contribution in [0.15, 0.2) is 36.7 Å². The van der Waals surface area contributed by atoms with Crippen LogP contribution in [-0.2, 0) is 17.8 Å². The van der Waals surface area contributed by atoms with Crippen LogP contribution in [0, 0.1) is 5.82 Å². The first-order chi connectivity index (χ1) is 17.5. The largest absolute Gasteiger partial charge is 0.395 e. The Labute approximate surface area is 218 Å². The number of aliphatic hydroxyl groups excluding tert-OH is 1. The molecule has 0 atom stereocenters. The van der Waals surface area contributed by atoms with Crippen molar-refractivity contribution in [1.82, 2.24) is 24.7 Å². The first-order valence-electron chi connectivity index (χ1n) is 12.0. The quantitative estimate of drug-likeness (QED) is 0.453. The highest BCUT2D eigenvalue weighted by Gasteiger charge is 2.25. The van der Waals surface area contributed by atoms with Crippen LogP contribution < -0.4 is 5.32 Å². The number of rotatable bonds is 7. The van der Waals surface area contributed by atoms with Gasteiger partial charge in [-0.3, -0.25) is 14.6 Å². The first-order valence-corrected chi connectivity index (χ1v) is 13.2. The van der Waals surface area contributed by atoms with Crippen LogP contribution in [0.3, 0.4) is 0 Å². The second kappa shape index (κ2) is 11.2. The first kappa shape index (κ1) is 25.0. The van der Waals surface area contributed by atoms with Crippen LogP contribution in [0.5, 0.6) is 0 Å². The standard InChI is InChI=1S/C25H28ClFN6O2S/c26-19-14-17(3-4-20(19)27)30-24-23-18-5-7-33(15-21(18)36-25(23)29-16-28-24)22(35)2-1-6-31-8-10-32(11-9-31)12-13-34/h1-4,14,16,34H,5-13,15H2,(H,28,29,30). The lowest BCUT2D eigenvalue weighted by Gasteiger charge is -2.33. The normalized spacial score (nSPS) is 17.1. The number of amides is 1. The predicted octanol–water partition coefficient (Wildman–Crippen LogP) is 3.28. The maximum atomic E-state index is 13.5. The maximum Gasteiger partial charge on any atom is 0.246 e. The number of carbonyl (C=O) groups excluding carboxylic acids is 1. The van der Waals surface area contributed by atoms with E-state index < -0.39 is 5.82 Å². The van der Waals surface area contributed by atoms with Crippen molar-refractivity contribution in [3.8, 4) is 0 Å². The van der Waals surface area contributed by atoms with Crippen molar-refractivity contribution < 1.29 is 14.3 Å². The van der Waals surface area contributed by atoms with Gasteiger partial charge in [0.15, 0.2) is 0 Å². The fourth-order valence-electron chi connectivity index (χ4n) is 4.67. The summed E-state index contributed by atoms with van der Waals surface area (Å²) in [6.07, 6.45) is 5.86. The van der Waals surface area contributed by atoms with Crippen molar-refractivity contribution in [2.45, 2.75) is 13.0 Å². The number of fused-ring (bicyclic) bond motifs is 3. The predicted molar refractivity (Wildman–Crippen MR) is 140 cm³/mol. The minimum atomic E-state index is -0.470. The van der Waals surface area contributed by atoms with E-state index in [0.29, 0.717) is 31.0 Å². The van der Waals surface area contributed by atoms with Gasteiger partial charge in [-0.15, -0.1) is 11.3 Å². The molecule has 2 aliphatic heterocycles. The number of hydrogen-bond donors (Lipinski definition) is 2. The molecule has 11 heteroatoms. The van der Waals surface area contributed by atoms with Crippen LogP contribution in [0.2, 0.25) is 5.02 Å². The SMILES string of the molecule is O=C(C=CCN1CCN(CCO)CC1)N1CCc2c(sc3ncnc(Nc4ccc(F)c(Cl)c4)c23)C1. The molecule has 1 aromatic carbocycles. The molecule has 1 saturated heterocycles. The molecule has 2 N–H and O–H groups in total. The lowest BCUT2D eigenvalue weighted by Crippen LogP contribution is -2.47. The summed E-state index contributed by atoms with van der Waals surface area (Å²) in [7, 11) is 0. The van der Waals surface area contributed by atoms with Gasteiger partial charge in [0.25, 0.3) is 0 Å². The molecular formula is C25H28ClFN6O2S. The van der Waals surface area contributed by atoms with E-state index in [4.69, 9.17) is 16.7 Å². The molecular weight excluding hydrogens is 503 g/mol. The van der Waals surface area contributed by atoms with E-state index in [2.05, 4.69) is 25.1 Å². The number of piperazine rings is 1. The Morgan fingerprint density at radius 3 is 2.78 bits per heavy atom. The lowest BCUT2D eigenvalue weighted by atomic mass is 10.0. The Kier molecular flexibility index (Phi) is 7.78. The zero-order valence-electron chi connectivity index (χ0n) is 19.8. The molecule has 2 aromatic heterocycles. The highest BCUT2D eigenvalue weighted by molar-refractivity contribution is 7.19. The maximum absolute atomic E-state index is 13.5. The molecule has 0 saturated carbocycles. The highest BCUT2D eigenvalue weighted by Crippen LogP contribution is 2.38. The Morgan fingerprint density at radius 1 is 1.19 bits per heavy atom. The van der Waals surface area contributed by atoms with Crippen molar-refractivity contribution in [1.29, 1.82) is 0 Å². The molecule has 8 nitrogen and oxygen atoms in total. The van der Waals surface area contributed by atoms with Gasteiger partial charge in [-0.1, -0.05) is 17.7 Å². The topological polar surface area (TPSA) is 84.8 Å². The van der Waals surface area contributed by atoms with Crippen LogP contribution in [0.1, 0.15) is 10.4 Å². The van der Waals surface area contributed by atoms with E-state index in [0.717, 1.165) is 59.9 Å². The fraction of sp³-hybridized carbons (Fsp3) is 0.400. The summed E-state index contributed by atoms with van der Waals surface area (Å²) in [6, 6.07) is 4.47. The van der Waals surface area contributed by atoms with Crippen molar-refractivity contribution in [3.63, 3.8) is 0 Å². The number of β-amino-alcohol motifs (C(OH)–C–C–N with tert-alkyl or cyclic N) is 1. The number of carbonyl (C=O) groups is 1. The van der Waals surface area contributed by atoms with E-state index in [1.165, 1.54) is 18.5 Å². The number of nitrogens with one attached hydrogen (secondary N) is 1. The number of thiophene rings is 1. The molecule has 36 heavy (non-hydrogen) atoms. The third-order valence-corrected chi connectivity index (χ3v) is 8.05. The zero-order valence-corrected chi connectivity index (χ0v) is 21.4. The summed E-state index contributed by atoms with van der Waals surface area (Å²) < 4.78 is 13.5. The molecule has 0 radical (unpaired) electrons. The average Bonchev–Trinajstić information content (AvgIpc) is 3.26. The third kappa shape index (κ3) is 5.52. The van der Waals surface area contributed by atoms with Gasteiger partial charge in [0, 0.05) is 62.5 Å². The zero-order chi connectivity index (χ0) is 25.1. The van der Waals surface area contributed by atoms with E-state index >= 15 is 0 Å². The summed E-state index contributed by atoms with van der Waals surface area (Å²) in [4.78, 5) is 30.2. The van der Waals surface area contributed by atoms with Gasteiger partial charge in [0.2, 0.25) is 5.91 Å². The molecule has 0 unspecified atom stereocenters. The van der Waals surface area contributed by atoms with E-state index in [9.17, 15) is 9.18 Å². The van der Waals surface area contributed by atoms with Gasteiger partial charge in [0.05, 0.1) is 23.6 Å². The van der Waals surface area contributed by atoms with E-state index in [-0.39, 0.29) is 17.5 Å². The van der Waals surface area contributed by atoms with Crippen LogP contribution >= 0.6 is 22.9 Å². The number of aliphatic hydroxyl groups is 1. The highest BCUT2D eigenvalue weighted by atomic mass is 35.5. The van der Waals surface area contributed by atoms with Gasteiger partial charge in [-0.2, -0.15) is 0 Å². The summed E-state index contributed by atoms with van der Waals surface area (Å²) in [6.45, 7) is 6.59. The Bertz CT molecular complexity index is 1280. The van der Waals surface area contributed by atoms with Crippen LogP contribution in [-0.4, -0.2) is 88.1 Å². The van der Waals surface area contributed by atoms with Gasteiger partial charge in [-0.05, 0) is 30.2 Å². The lowest BCUT2D eigenvalue weighted by molar-refractivity contribution is -0.126. The second-order valence-corrected chi connectivity index (χ2v) is 10.4. The number of nitrogens with zero attached hydrogens (tertiary/aromatic N) is 5. The molecule has 3 aromatic rings. The summed E-state index contributed by atoms with van der Waals surface area (Å²) in [5.41, 5.74) is 1.80. The Balaban J connectivity index is 1.23. The van der Waals surface area contributed by atoms with E-state index in [1.54, 1.807) is 23.5 Å². The van der Waals surface area contributed by atoms with Gasteiger partial charge in [0.1, 0.15) is 22.8 Å². The monoisotopic (exact) mass is 530 g/mol. The molecule has 2 aliphatic rings. The van der Waals surface area contributed by atoms with Gasteiger partial charge >= 0.3 is 0 Å². The average molecular weight is 531 g/mol. The smallest absolute Gasteiger partial charge is 0.246 e. The summed E-state index contributed by atoms with van der Waals surface area (Å²) >= 11 is 7.51. The molecule has 0 bridgehead atoms. The molecule has 0 spiro atoms. The molecule has 190 valence electrons. The number of benzene rings is 1. The summed E-state index contributed by atoms with van der Waals surface area (Å²) in [5.74, 6) is 0.198. The van der Waals surface area contributed by atoms with E-state index in [1.807, 2.05) is 11.0 Å². The van der Waals surface area contributed by atoms with Crippen LogP contribution in [0.25, 0.3) is 10.2 Å². The second-order valence-electron chi connectivity index (χ2n) is 8.94. The van der Waals surface area contributed by atoms with Crippen molar-refractivity contribution >= 4 is 50.6 Å². The Morgan fingerprint density at radius 2 is 2.00 bits per heavy atom. The van der Waals surface area contributed by atoms with Crippen molar-refractivity contribution in [3.05, 3.63) is 58.0 Å². The van der Waals surface area contributed by atoms with Gasteiger partial charge < -0.3 is 15.3 Å². The van der Waals surface area contributed by atoms with Gasteiger partial charge in [-0.25, -0.2) is 14.4 Å².